The van der Waals surface area contributed by atoms with E-state index in [2.05, 4.69) is 20.7 Å². The SMILES string of the molecule is COc1cc(Br)c(S(=O)(=O)Nc2c(C)cccc2C(C)C)cc1OC. The third-order valence-corrected chi connectivity index (χ3v) is 6.20. The van der Waals surface area contributed by atoms with Crippen LogP contribution in [0.5, 0.6) is 11.5 Å². The molecule has 0 saturated carbocycles. The molecule has 25 heavy (non-hydrogen) atoms. The molecule has 2 rings (SSSR count). The van der Waals surface area contributed by atoms with Crippen LogP contribution < -0.4 is 14.2 Å². The first-order valence-electron chi connectivity index (χ1n) is 7.75. The lowest BCUT2D eigenvalue weighted by atomic mass is 9.99. The Morgan fingerprint density at radius 1 is 1.08 bits per heavy atom. The molecular weight excluding hydrogens is 406 g/mol. The molecule has 0 saturated heterocycles. The predicted octanol–water partition coefficient (Wildman–Crippen LogP) is 4.70. The summed E-state index contributed by atoms with van der Waals surface area (Å²) >= 11 is 3.31. The van der Waals surface area contributed by atoms with Crippen LogP contribution in [-0.4, -0.2) is 22.6 Å². The number of rotatable bonds is 6. The molecule has 0 heterocycles. The summed E-state index contributed by atoms with van der Waals surface area (Å²) in [5.41, 5.74) is 2.42. The number of halogens is 1. The summed E-state index contributed by atoms with van der Waals surface area (Å²) in [6.07, 6.45) is 0. The van der Waals surface area contributed by atoms with Gasteiger partial charge in [0.1, 0.15) is 4.90 Å². The standard InChI is InChI=1S/C18H22BrNO4S/c1-11(2)13-8-6-7-12(3)18(13)20-25(21,22)17-10-16(24-5)15(23-4)9-14(17)19/h6-11,20H,1-5H3. The second-order valence-corrected chi connectivity index (χ2v) is 8.44. The van der Waals surface area contributed by atoms with Gasteiger partial charge in [0.05, 0.1) is 19.9 Å². The highest BCUT2D eigenvalue weighted by molar-refractivity contribution is 9.10. The van der Waals surface area contributed by atoms with Gasteiger partial charge >= 0.3 is 0 Å². The van der Waals surface area contributed by atoms with E-state index in [0.717, 1.165) is 11.1 Å². The molecule has 0 spiro atoms. The van der Waals surface area contributed by atoms with E-state index in [4.69, 9.17) is 9.47 Å². The van der Waals surface area contributed by atoms with Crippen molar-refractivity contribution in [2.75, 3.05) is 18.9 Å². The summed E-state index contributed by atoms with van der Waals surface area (Å²) < 4.78 is 39.5. The van der Waals surface area contributed by atoms with E-state index in [1.54, 1.807) is 6.07 Å². The van der Waals surface area contributed by atoms with E-state index in [1.165, 1.54) is 20.3 Å². The minimum absolute atomic E-state index is 0.0862. The van der Waals surface area contributed by atoms with Crippen LogP contribution in [-0.2, 0) is 10.0 Å². The highest BCUT2D eigenvalue weighted by atomic mass is 79.9. The first-order chi connectivity index (χ1) is 11.7. The van der Waals surface area contributed by atoms with Gasteiger partial charge in [-0.2, -0.15) is 0 Å². The Balaban J connectivity index is 2.55. The minimum Gasteiger partial charge on any atom is -0.493 e. The third kappa shape index (κ3) is 4.10. The Hall–Kier alpha value is -1.73. The van der Waals surface area contributed by atoms with Crippen molar-refractivity contribution >= 4 is 31.6 Å². The molecular formula is C18H22BrNO4S. The number of ether oxygens (including phenoxy) is 2. The molecule has 0 unspecified atom stereocenters. The van der Waals surface area contributed by atoms with Crippen LogP contribution in [0.25, 0.3) is 0 Å². The Kier molecular flexibility index (Phi) is 6.00. The van der Waals surface area contributed by atoms with Crippen molar-refractivity contribution in [2.45, 2.75) is 31.6 Å². The number of aryl methyl sites for hydroxylation is 1. The van der Waals surface area contributed by atoms with Crippen LogP contribution in [0.2, 0.25) is 0 Å². The van der Waals surface area contributed by atoms with Gasteiger partial charge in [0.2, 0.25) is 0 Å². The zero-order chi connectivity index (χ0) is 18.8. The smallest absolute Gasteiger partial charge is 0.263 e. The lowest BCUT2D eigenvalue weighted by molar-refractivity contribution is 0.353. The van der Waals surface area contributed by atoms with Crippen molar-refractivity contribution in [1.82, 2.24) is 0 Å². The van der Waals surface area contributed by atoms with Crippen LogP contribution >= 0.6 is 15.9 Å². The summed E-state index contributed by atoms with van der Waals surface area (Å²) in [5, 5.41) is 0. The Bertz CT molecular complexity index is 879. The molecule has 0 aliphatic rings. The summed E-state index contributed by atoms with van der Waals surface area (Å²) in [5.74, 6) is 0.985. The number of anilines is 1. The quantitative estimate of drug-likeness (QED) is 0.725. The van der Waals surface area contributed by atoms with E-state index >= 15 is 0 Å². The molecule has 2 aromatic rings. The molecule has 0 atom stereocenters. The molecule has 0 radical (unpaired) electrons. The van der Waals surface area contributed by atoms with Crippen molar-refractivity contribution in [3.63, 3.8) is 0 Å². The van der Waals surface area contributed by atoms with Crippen molar-refractivity contribution in [1.29, 1.82) is 0 Å². The average Bonchev–Trinajstić information content (AvgIpc) is 2.55. The molecule has 0 fully saturated rings. The van der Waals surface area contributed by atoms with E-state index in [1.807, 2.05) is 39.0 Å². The van der Waals surface area contributed by atoms with Crippen LogP contribution in [0.3, 0.4) is 0 Å². The zero-order valence-electron chi connectivity index (χ0n) is 14.9. The maximum Gasteiger partial charge on any atom is 0.263 e. The summed E-state index contributed by atoms with van der Waals surface area (Å²) in [7, 11) is -0.847. The highest BCUT2D eigenvalue weighted by Gasteiger charge is 2.23. The van der Waals surface area contributed by atoms with Crippen LogP contribution in [0.15, 0.2) is 39.7 Å². The van der Waals surface area contributed by atoms with Gasteiger partial charge < -0.3 is 9.47 Å². The maximum atomic E-state index is 13.0. The zero-order valence-corrected chi connectivity index (χ0v) is 17.3. The number of sulfonamides is 1. The van der Waals surface area contributed by atoms with E-state index in [-0.39, 0.29) is 10.8 Å². The fourth-order valence-corrected chi connectivity index (χ4v) is 4.74. The Morgan fingerprint density at radius 2 is 1.68 bits per heavy atom. The van der Waals surface area contributed by atoms with E-state index in [9.17, 15) is 8.42 Å². The second-order valence-electron chi connectivity index (χ2n) is 5.94. The first-order valence-corrected chi connectivity index (χ1v) is 10.0. The monoisotopic (exact) mass is 427 g/mol. The number of hydrogen-bond donors (Lipinski definition) is 1. The van der Waals surface area contributed by atoms with Gasteiger partial charge in [-0.05, 0) is 46.0 Å². The maximum absolute atomic E-state index is 13.0. The van der Waals surface area contributed by atoms with Gasteiger partial charge in [-0.25, -0.2) is 8.42 Å². The van der Waals surface area contributed by atoms with Gasteiger partial charge in [-0.1, -0.05) is 32.0 Å². The Morgan fingerprint density at radius 3 is 2.24 bits per heavy atom. The van der Waals surface area contributed by atoms with Crippen LogP contribution in [0, 0.1) is 6.92 Å². The molecule has 0 aliphatic heterocycles. The minimum atomic E-state index is -3.81. The molecule has 0 amide bonds. The number of methoxy groups -OCH3 is 2. The molecule has 0 bridgehead atoms. The summed E-state index contributed by atoms with van der Waals surface area (Å²) in [6.45, 7) is 5.94. The van der Waals surface area contributed by atoms with Gasteiger partial charge in [-0.15, -0.1) is 0 Å². The van der Waals surface area contributed by atoms with Gasteiger partial charge in [-0.3, -0.25) is 4.72 Å². The molecule has 5 nitrogen and oxygen atoms in total. The molecule has 136 valence electrons. The fourth-order valence-electron chi connectivity index (χ4n) is 2.54. The summed E-state index contributed by atoms with van der Waals surface area (Å²) in [4.78, 5) is 0.0862. The Labute approximate surface area is 157 Å². The van der Waals surface area contributed by atoms with Gasteiger partial charge in [0.15, 0.2) is 11.5 Å². The molecule has 0 aliphatic carbocycles. The van der Waals surface area contributed by atoms with Crippen LogP contribution in [0.1, 0.15) is 30.9 Å². The topological polar surface area (TPSA) is 64.6 Å². The predicted molar refractivity (Wildman–Crippen MR) is 103 cm³/mol. The normalized spacial score (nSPS) is 11.5. The third-order valence-electron chi connectivity index (χ3n) is 3.89. The van der Waals surface area contributed by atoms with Gasteiger partial charge in [0.25, 0.3) is 10.0 Å². The van der Waals surface area contributed by atoms with Crippen molar-refractivity contribution in [3.8, 4) is 11.5 Å². The number of para-hydroxylation sites is 1. The molecule has 7 heteroatoms. The van der Waals surface area contributed by atoms with Gasteiger partial charge in [0, 0.05) is 10.5 Å². The molecule has 0 aromatic heterocycles. The molecule has 1 N–H and O–H groups in total. The van der Waals surface area contributed by atoms with E-state index in [0.29, 0.717) is 21.7 Å². The molecule has 2 aromatic carbocycles. The van der Waals surface area contributed by atoms with Crippen molar-refractivity contribution in [3.05, 3.63) is 45.9 Å². The number of nitrogens with one attached hydrogen (secondary N) is 1. The summed E-state index contributed by atoms with van der Waals surface area (Å²) in [6, 6.07) is 8.76. The number of benzene rings is 2. The fraction of sp³-hybridized carbons (Fsp3) is 0.333. The van der Waals surface area contributed by atoms with Crippen LogP contribution in [0.4, 0.5) is 5.69 Å². The lowest BCUT2D eigenvalue weighted by Crippen LogP contribution is -2.16. The van der Waals surface area contributed by atoms with Crippen molar-refractivity contribution in [2.24, 2.45) is 0 Å². The van der Waals surface area contributed by atoms with Crippen molar-refractivity contribution < 1.29 is 17.9 Å². The second kappa shape index (κ2) is 7.66. The highest BCUT2D eigenvalue weighted by Crippen LogP contribution is 2.37. The van der Waals surface area contributed by atoms with E-state index < -0.39 is 10.0 Å². The average molecular weight is 428 g/mol. The number of hydrogen-bond acceptors (Lipinski definition) is 4. The lowest BCUT2D eigenvalue weighted by Gasteiger charge is -2.18. The first kappa shape index (κ1) is 19.6. The largest absolute Gasteiger partial charge is 0.493 e.